The summed E-state index contributed by atoms with van der Waals surface area (Å²) in [6.07, 6.45) is 0.260. The summed E-state index contributed by atoms with van der Waals surface area (Å²) in [5, 5.41) is 2.98. The standard InChI is InChI=1S/C15H18ClNO3/c1-3-20-9-15(2)8-12(18)17-14(19)13(15)10-5-4-6-11(16)7-10/h4-7,13H,3,8-9H2,1-2H3,(H,17,18,19). The van der Waals surface area contributed by atoms with Gasteiger partial charge in [-0.2, -0.15) is 0 Å². The molecule has 1 saturated heterocycles. The lowest BCUT2D eigenvalue weighted by atomic mass is 9.69. The van der Waals surface area contributed by atoms with Crippen LogP contribution in [0.2, 0.25) is 5.02 Å². The molecule has 2 atom stereocenters. The number of piperidine rings is 1. The summed E-state index contributed by atoms with van der Waals surface area (Å²) >= 11 is 6.01. The Hall–Kier alpha value is -1.39. The molecule has 1 heterocycles. The van der Waals surface area contributed by atoms with E-state index in [1.54, 1.807) is 12.1 Å². The molecule has 0 spiro atoms. The van der Waals surface area contributed by atoms with Crippen molar-refractivity contribution in [2.24, 2.45) is 5.41 Å². The summed E-state index contributed by atoms with van der Waals surface area (Å²) in [5.74, 6) is -0.980. The van der Waals surface area contributed by atoms with Gasteiger partial charge in [-0.25, -0.2) is 0 Å². The molecular formula is C15H18ClNO3. The molecule has 1 N–H and O–H groups in total. The molecular weight excluding hydrogens is 278 g/mol. The second-order valence-corrected chi connectivity index (χ2v) is 5.80. The first-order chi connectivity index (χ1) is 9.46. The van der Waals surface area contributed by atoms with E-state index in [1.165, 1.54) is 0 Å². The first-order valence-electron chi connectivity index (χ1n) is 6.63. The zero-order valence-corrected chi connectivity index (χ0v) is 12.4. The van der Waals surface area contributed by atoms with Gasteiger partial charge in [-0.1, -0.05) is 30.7 Å². The van der Waals surface area contributed by atoms with Gasteiger partial charge >= 0.3 is 0 Å². The maximum atomic E-state index is 12.3. The van der Waals surface area contributed by atoms with Crippen LogP contribution in [-0.4, -0.2) is 25.0 Å². The Morgan fingerprint density at radius 2 is 2.20 bits per heavy atom. The van der Waals surface area contributed by atoms with Crippen LogP contribution in [0.4, 0.5) is 0 Å². The monoisotopic (exact) mass is 295 g/mol. The maximum Gasteiger partial charge on any atom is 0.234 e. The van der Waals surface area contributed by atoms with Crippen molar-refractivity contribution in [2.45, 2.75) is 26.2 Å². The molecule has 5 heteroatoms. The lowest BCUT2D eigenvalue weighted by Gasteiger charge is -2.39. The Balaban J connectivity index is 2.39. The minimum absolute atomic E-state index is 0.254. The van der Waals surface area contributed by atoms with Crippen LogP contribution in [0.15, 0.2) is 24.3 Å². The van der Waals surface area contributed by atoms with Crippen molar-refractivity contribution in [3.63, 3.8) is 0 Å². The fourth-order valence-corrected chi connectivity index (χ4v) is 2.95. The number of halogens is 1. The van der Waals surface area contributed by atoms with Crippen LogP contribution in [0.1, 0.15) is 31.7 Å². The summed E-state index contributed by atoms with van der Waals surface area (Å²) < 4.78 is 5.49. The summed E-state index contributed by atoms with van der Waals surface area (Å²) in [6, 6.07) is 7.20. The normalized spacial score (nSPS) is 26.4. The number of carbonyl (C=O) groups is 2. The topological polar surface area (TPSA) is 55.4 Å². The highest BCUT2D eigenvalue weighted by Gasteiger charge is 2.46. The van der Waals surface area contributed by atoms with Gasteiger partial charge in [-0.15, -0.1) is 0 Å². The molecule has 0 aromatic heterocycles. The van der Waals surface area contributed by atoms with Gasteiger partial charge in [0.1, 0.15) is 0 Å². The van der Waals surface area contributed by atoms with Gasteiger partial charge in [-0.3, -0.25) is 14.9 Å². The molecule has 0 aliphatic carbocycles. The number of imide groups is 1. The van der Waals surface area contributed by atoms with E-state index >= 15 is 0 Å². The fourth-order valence-electron chi connectivity index (χ4n) is 2.75. The Labute approximate surface area is 123 Å². The van der Waals surface area contributed by atoms with Crippen molar-refractivity contribution in [1.82, 2.24) is 5.32 Å². The fraction of sp³-hybridized carbons (Fsp3) is 0.467. The molecule has 4 nitrogen and oxygen atoms in total. The zero-order chi connectivity index (χ0) is 14.8. The van der Waals surface area contributed by atoms with Gasteiger partial charge in [0.2, 0.25) is 11.8 Å². The molecule has 2 rings (SSSR count). The molecule has 0 saturated carbocycles. The number of benzene rings is 1. The van der Waals surface area contributed by atoms with Gasteiger partial charge < -0.3 is 4.74 Å². The first-order valence-corrected chi connectivity index (χ1v) is 7.01. The third kappa shape index (κ3) is 3.02. The highest BCUT2D eigenvalue weighted by Crippen LogP contribution is 2.42. The molecule has 2 amide bonds. The van der Waals surface area contributed by atoms with E-state index < -0.39 is 11.3 Å². The molecule has 2 unspecified atom stereocenters. The van der Waals surface area contributed by atoms with Crippen LogP contribution < -0.4 is 5.32 Å². The van der Waals surface area contributed by atoms with Crippen LogP contribution in [0, 0.1) is 5.41 Å². The average Bonchev–Trinajstić information content (AvgIpc) is 2.35. The number of amides is 2. The maximum absolute atomic E-state index is 12.3. The average molecular weight is 296 g/mol. The number of ether oxygens (including phenoxy) is 1. The van der Waals surface area contributed by atoms with Crippen molar-refractivity contribution >= 4 is 23.4 Å². The van der Waals surface area contributed by atoms with Gasteiger partial charge in [0.15, 0.2) is 0 Å². The molecule has 1 aliphatic rings. The van der Waals surface area contributed by atoms with Gasteiger partial charge in [0, 0.05) is 23.5 Å². The van der Waals surface area contributed by atoms with Crippen molar-refractivity contribution < 1.29 is 14.3 Å². The molecule has 1 fully saturated rings. The zero-order valence-electron chi connectivity index (χ0n) is 11.6. The van der Waals surface area contributed by atoms with E-state index in [2.05, 4.69) is 5.32 Å². The molecule has 1 aromatic carbocycles. The van der Waals surface area contributed by atoms with Gasteiger partial charge in [0.05, 0.1) is 12.5 Å². The highest BCUT2D eigenvalue weighted by atomic mass is 35.5. The smallest absolute Gasteiger partial charge is 0.234 e. The minimum Gasteiger partial charge on any atom is -0.381 e. The quantitative estimate of drug-likeness (QED) is 0.868. The van der Waals surface area contributed by atoms with E-state index in [0.29, 0.717) is 18.2 Å². The SMILES string of the molecule is CCOCC1(C)CC(=O)NC(=O)C1c1cccc(Cl)c1. The Kier molecular flexibility index (Phi) is 4.45. The van der Waals surface area contributed by atoms with Gasteiger partial charge in [0.25, 0.3) is 0 Å². The Morgan fingerprint density at radius 3 is 2.85 bits per heavy atom. The Bertz CT molecular complexity index is 532. The number of hydrogen-bond acceptors (Lipinski definition) is 3. The lowest BCUT2D eigenvalue weighted by Crippen LogP contribution is -2.51. The Morgan fingerprint density at radius 1 is 1.45 bits per heavy atom. The predicted octanol–water partition coefficient (Wildman–Crippen LogP) is 2.51. The van der Waals surface area contributed by atoms with Crippen LogP contribution in [0.3, 0.4) is 0 Å². The number of nitrogens with one attached hydrogen (secondary N) is 1. The second-order valence-electron chi connectivity index (χ2n) is 5.37. The van der Waals surface area contributed by atoms with Crippen molar-refractivity contribution in [3.05, 3.63) is 34.9 Å². The third-order valence-corrected chi connectivity index (χ3v) is 3.84. The number of hydrogen-bond donors (Lipinski definition) is 1. The first kappa shape index (κ1) is 15.0. The summed E-state index contributed by atoms with van der Waals surface area (Å²) in [7, 11) is 0. The summed E-state index contributed by atoms with van der Waals surface area (Å²) in [6.45, 7) is 4.71. The molecule has 1 aliphatic heterocycles. The van der Waals surface area contributed by atoms with E-state index in [1.807, 2.05) is 26.0 Å². The van der Waals surface area contributed by atoms with E-state index in [-0.39, 0.29) is 18.2 Å². The van der Waals surface area contributed by atoms with Crippen LogP contribution >= 0.6 is 11.6 Å². The number of carbonyl (C=O) groups excluding carboxylic acids is 2. The van der Waals surface area contributed by atoms with Crippen LogP contribution in [-0.2, 0) is 14.3 Å². The van der Waals surface area contributed by atoms with Crippen molar-refractivity contribution in [3.8, 4) is 0 Å². The highest BCUT2D eigenvalue weighted by molar-refractivity contribution is 6.30. The van der Waals surface area contributed by atoms with Crippen LogP contribution in [0.5, 0.6) is 0 Å². The van der Waals surface area contributed by atoms with E-state index in [9.17, 15) is 9.59 Å². The molecule has 0 bridgehead atoms. The molecule has 0 radical (unpaired) electrons. The predicted molar refractivity (Wildman–Crippen MR) is 76.6 cm³/mol. The number of rotatable bonds is 4. The summed E-state index contributed by atoms with van der Waals surface area (Å²) in [5.41, 5.74) is 0.254. The lowest BCUT2D eigenvalue weighted by molar-refractivity contribution is -0.141. The largest absolute Gasteiger partial charge is 0.381 e. The second kappa shape index (κ2) is 5.94. The minimum atomic E-state index is -0.555. The third-order valence-electron chi connectivity index (χ3n) is 3.60. The molecule has 20 heavy (non-hydrogen) atoms. The van der Waals surface area contributed by atoms with Gasteiger partial charge in [-0.05, 0) is 24.6 Å². The molecule has 108 valence electrons. The molecule has 1 aromatic rings. The van der Waals surface area contributed by atoms with Crippen molar-refractivity contribution in [2.75, 3.05) is 13.2 Å². The summed E-state index contributed by atoms with van der Waals surface area (Å²) in [4.78, 5) is 23.9. The van der Waals surface area contributed by atoms with E-state index in [0.717, 1.165) is 5.56 Å². The van der Waals surface area contributed by atoms with E-state index in [4.69, 9.17) is 16.3 Å². The van der Waals surface area contributed by atoms with Crippen LogP contribution in [0.25, 0.3) is 0 Å². The van der Waals surface area contributed by atoms with Crippen molar-refractivity contribution in [1.29, 1.82) is 0 Å².